The van der Waals surface area contributed by atoms with Gasteiger partial charge in [0.15, 0.2) is 5.78 Å². The summed E-state index contributed by atoms with van der Waals surface area (Å²) in [4.78, 5) is 34.7. The van der Waals surface area contributed by atoms with Gasteiger partial charge in [-0.3, -0.25) is 19.7 Å². The molecule has 1 aliphatic rings. The lowest BCUT2D eigenvalue weighted by molar-refractivity contribution is -0.134. The number of nitrogens with two attached hydrogens (primary N) is 1. The molecule has 98 valence electrons. The minimum absolute atomic E-state index is 0. The number of rotatable bonds is 4. The van der Waals surface area contributed by atoms with E-state index in [1.807, 2.05) is 13.8 Å². The van der Waals surface area contributed by atoms with E-state index in [1.165, 1.54) is 0 Å². The number of hydrogen-bond acceptors (Lipinski definition) is 4. The lowest BCUT2D eigenvalue weighted by atomic mass is 9.84. The van der Waals surface area contributed by atoms with Crippen LogP contribution in [0.4, 0.5) is 0 Å². The topological polar surface area (TPSA) is 89.3 Å². The Kier molecular flexibility index (Phi) is 5.78. The van der Waals surface area contributed by atoms with E-state index in [9.17, 15) is 14.4 Å². The molecular formula is C11H19ClN2O3. The Morgan fingerprint density at radius 1 is 1.41 bits per heavy atom. The average Bonchev–Trinajstić information content (AvgIpc) is 2.50. The van der Waals surface area contributed by atoms with Crippen molar-refractivity contribution in [2.24, 2.45) is 23.5 Å². The van der Waals surface area contributed by atoms with E-state index in [2.05, 4.69) is 5.32 Å². The number of nitrogens with one attached hydrogen (secondary N) is 1. The van der Waals surface area contributed by atoms with Crippen LogP contribution >= 0.6 is 12.4 Å². The molecule has 6 heteroatoms. The highest BCUT2D eigenvalue weighted by atomic mass is 35.5. The fourth-order valence-corrected chi connectivity index (χ4v) is 1.81. The standard InChI is InChI=1S/C11H18N2O3.ClH/c1-4-5(2)8(12)9(14)7-6(3)10(15)13-11(7)16;/h5-8H,4,12H2,1-3H3,(H,13,15,16);1H/t5-,6-,7+,8-;/m0./s1. The molecule has 1 aliphatic heterocycles. The Bertz CT molecular complexity index is 333. The van der Waals surface area contributed by atoms with E-state index < -0.39 is 23.8 Å². The number of amides is 2. The molecule has 0 spiro atoms. The quantitative estimate of drug-likeness (QED) is 0.562. The van der Waals surface area contributed by atoms with Crippen molar-refractivity contribution in [2.75, 3.05) is 0 Å². The van der Waals surface area contributed by atoms with Crippen molar-refractivity contribution in [3.8, 4) is 0 Å². The molecule has 1 rings (SSSR count). The third-order valence-corrected chi connectivity index (χ3v) is 3.33. The van der Waals surface area contributed by atoms with Crippen LogP contribution in [0.2, 0.25) is 0 Å². The second kappa shape index (κ2) is 6.12. The molecule has 17 heavy (non-hydrogen) atoms. The molecule has 0 unspecified atom stereocenters. The predicted octanol–water partition coefficient (Wildman–Crippen LogP) is 0.259. The summed E-state index contributed by atoms with van der Waals surface area (Å²) in [6.45, 7) is 5.37. The molecular weight excluding hydrogens is 244 g/mol. The Morgan fingerprint density at radius 3 is 2.29 bits per heavy atom. The van der Waals surface area contributed by atoms with Crippen molar-refractivity contribution >= 4 is 30.0 Å². The van der Waals surface area contributed by atoms with Crippen LogP contribution in [0, 0.1) is 17.8 Å². The number of carbonyl (C=O) groups is 3. The van der Waals surface area contributed by atoms with Gasteiger partial charge in [-0.05, 0) is 5.92 Å². The van der Waals surface area contributed by atoms with E-state index >= 15 is 0 Å². The van der Waals surface area contributed by atoms with Gasteiger partial charge in [-0.2, -0.15) is 0 Å². The van der Waals surface area contributed by atoms with Crippen molar-refractivity contribution in [1.82, 2.24) is 5.32 Å². The summed E-state index contributed by atoms with van der Waals surface area (Å²) >= 11 is 0. The molecule has 2 amide bonds. The van der Waals surface area contributed by atoms with Gasteiger partial charge in [-0.15, -0.1) is 12.4 Å². The molecule has 1 saturated heterocycles. The summed E-state index contributed by atoms with van der Waals surface area (Å²) in [6, 6.07) is -0.672. The molecule has 0 aromatic carbocycles. The average molecular weight is 263 g/mol. The van der Waals surface area contributed by atoms with Crippen molar-refractivity contribution in [3.63, 3.8) is 0 Å². The Balaban J connectivity index is 0.00000256. The maximum Gasteiger partial charge on any atom is 0.238 e. The first-order valence-electron chi connectivity index (χ1n) is 5.54. The SMILES string of the molecule is CC[C@H](C)[C@H](N)C(=O)[C@@H]1C(=O)NC(=O)[C@H]1C.Cl. The second-order valence-corrected chi connectivity index (χ2v) is 4.43. The minimum Gasteiger partial charge on any atom is -0.321 e. The van der Waals surface area contributed by atoms with Crippen LogP contribution in [-0.4, -0.2) is 23.6 Å². The molecule has 3 N–H and O–H groups in total. The summed E-state index contributed by atoms with van der Waals surface area (Å²) in [5, 5.41) is 2.16. The first-order chi connectivity index (χ1) is 7.40. The van der Waals surface area contributed by atoms with Gasteiger partial charge in [-0.25, -0.2) is 0 Å². The highest BCUT2D eigenvalue weighted by Crippen LogP contribution is 2.22. The third-order valence-electron chi connectivity index (χ3n) is 3.33. The second-order valence-electron chi connectivity index (χ2n) is 4.43. The molecule has 0 aromatic heterocycles. The van der Waals surface area contributed by atoms with Crippen LogP contribution in [0.3, 0.4) is 0 Å². The third kappa shape index (κ3) is 3.04. The number of hydrogen-bond donors (Lipinski definition) is 2. The highest BCUT2D eigenvalue weighted by Gasteiger charge is 2.45. The van der Waals surface area contributed by atoms with Crippen LogP contribution < -0.4 is 11.1 Å². The van der Waals surface area contributed by atoms with Crippen LogP contribution in [0.5, 0.6) is 0 Å². The number of carbonyl (C=O) groups excluding carboxylic acids is 3. The number of imide groups is 1. The van der Waals surface area contributed by atoms with Gasteiger partial charge in [0.25, 0.3) is 0 Å². The van der Waals surface area contributed by atoms with Crippen LogP contribution in [-0.2, 0) is 14.4 Å². The molecule has 5 nitrogen and oxygen atoms in total. The van der Waals surface area contributed by atoms with Crippen LogP contribution in [0.1, 0.15) is 27.2 Å². The Morgan fingerprint density at radius 2 is 1.94 bits per heavy atom. The molecule has 0 bridgehead atoms. The zero-order valence-corrected chi connectivity index (χ0v) is 11.0. The highest BCUT2D eigenvalue weighted by molar-refractivity contribution is 6.16. The summed E-state index contributed by atoms with van der Waals surface area (Å²) in [5.74, 6) is -2.72. The van der Waals surface area contributed by atoms with Crippen molar-refractivity contribution < 1.29 is 14.4 Å². The van der Waals surface area contributed by atoms with Crippen LogP contribution in [0.25, 0.3) is 0 Å². The van der Waals surface area contributed by atoms with Crippen molar-refractivity contribution in [2.45, 2.75) is 33.2 Å². The van der Waals surface area contributed by atoms with Gasteiger partial charge in [0.05, 0.1) is 12.0 Å². The normalized spacial score (nSPS) is 27.1. The zero-order chi connectivity index (χ0) is 12.5. The first kappa shape index (κ1) is 16.1. The van der Waals surface area contributed by atoms with Crippen LogP contribution in [0.15, 0.2) is 0 Å². The summed E-state index contributed by atoms with van der Waals surface area (Å²) < 4.78 is 0. The van der Waals surface area contributed by atoms with E-state index in [4.69, 9.17) is 5.73 Å². The van der Waals surface area contributed by atoms with E-state index in [-0.39, 0.29) is 30.0 Å². The molecule has 1 heterocycles. The van der Waals surface area contributed by atoms with Gasteiger partial charge in [-0.1, -0.05) is 27.2 Å². The Hall–Kier alpha value is -0.940. The number of halogens is 1. The first-order valence-corrected chi connectivity index (χ1v) is 5.54. The maximum atomic E-state index is 12.0. The van der Waals surface area contributed by atoms with Crippen molar-refractivity contribution in [1.29, 1.82) is 0 Å². The molecule has 1 fully saturated rings. The fraction of sp³-hybridized carbons (Fsp3) is 0.727. The minimum atomic E-state index is -0.906. The monoisotopic (exact) mass is 262 g/mol. The van der Waals surface area contributed by atoms with E-state index in [0.29, 0.717) is 0 Å². The van der Waals surface area contributed by atoms with Gasteiger partial charge in [0.2, 0.25) is 11.8 Å². The molecule has 0 aromatic rings. The van der Waals surface area contributed by atoms with E-state index in [1.54, 1.807) is 6.92 Å². The molecule has 0 radical (unpaired) electrons. The lowest BCUT2D eigenvalue weighted by Gasteiger charge is -2.20. The summed E-state index contributed by atoms with van der Waals surface area (Å²) in [7, 11) is 0. The van der Waals surface area contributed by atoms with Gasteiger partial charge in [0.1, 0.15) is 5.92 Å². The molecule has 4 atom stereocenters. The van der Waals surface area contributed by atoms with Gasteiger partial charge in [0, 0.05) is 0 Å². The number of ketones is 1. The van der Waals surface area contributed by atoms with Gasteiger partial charge >= 0.3 is 0 Å². The van der Waals surface area contributed by atoms with Crippen molar-refractivity contribution in [3.05, 3.63) is 0 Å². The summed E-state index contributed by atoms with van der Waals surface area (Å²) in [5.41, 5.74) is 5.78. The molecule has 0 aliphatic carbocycles. The fourth-order valence-electron chi connectivity index (χ4n) is 1.81. The largest absolute Gasteiger partial charge is 0.321 e. The maximum absolute atomic E-state index is 12.0. The smallest absolute Gasteiger partial charge is 0.238 e. The lowest BCUT2D eigenvalue weighted by Crippen LogP contribution is -2.44. The predicted molar refractivity (Wildman–Crippen MR) is 65.5 cm³/mol. The van der Waals surface area contributed by atoms with E-state index in [0.717, 1.165) is 6.42 Å². The van der Waals surface area contributed by atoms with Gasteiger partial charge < -0.3 is 5.73 Å². The summed E-state index contributed by atoms with van der Waals surface area (Å²) in [6.07, 6.45) is 0.767. The zero-order valence-electron chi connectivity index (χ0n) is 10.2. The number of Topliss-reactive ketones (excluding diaryl/α,β-unsaturated/α-hetero) is 1. The Labute approximate surface area is 107 Å². The molecule has 0 saturated carbocycles.